The van der Waals surface area contributed by atoms with Gasteiger partial charge in [0.15, 0.2) is 17.2 Å². The topological polar surface area (TPSA) is 103 Å². The fraction of sp³-hybridized carbons (Fsp3) is 0.188. The zero-order valence-corrected chi connectivity index (χ0v) is 14.0. The van der Waals surface area contributed by atoms with Crippen molar-refractivity contribution in [3.63, 3.8) is 0 Å². The molecule has 0 saturated heterocycles. The van der Waals surface area contributed by atoms with Gasteiger partial charge in [-0.15, -0.1) is 0 Å². The second-order valence-corrected chi connectivity index (χ2v) is 5.74. The Kier molecular flexibility index (Phi) is 4.02. The number of nitrogens with zero attached hydrogens (tertiary/aromatic N) is 5. The van der Waals surface area contributed by atoms with Crippen LogP contribution < -0.4 is 5.32 Å². The number of hydrogen-bond donors (Lipinski definition) is 1. The average molecular weight is 357 g/mol. The van der Waals surface area contributed by atoms with Gasteiger partial charge in [0.05, 0.1) is 0 Å². The number of oxazole rings is 1. The molecular weight excluding hydrogens is 344 g/mol. The molecule has 3 aromatic heterocycles. The number of benzene rings is 1. The Morgan fingerprint density at radius 3 is 2.80 bits per heavy atom. The van der Waals surface area contributed by atoms with Crippen molar-refractivity contribution < 1.29 is 8.94 Å². The molecule has 3 heterocycles. The zero-order chi connectivity index (χ0) is 17.2. The third-order valence-corrected chi connectivity index (χ3v) is 3.76. The highest BCUT2D eigenvalue weighted by atomic mass is 35.5. The summed E-state index contributed by atoms with van der Waals surface area (Å²) in [5, 5.41) is 7.84. The second-order valence-electron chi connectivity index (χ2n) is 5.30. The van der Waals surface area contributed by atoms with E-state index in [2.05, 4.69) is 30.4 Å². The van der Waals surface area contributed by atoms with Crippen molar-refractivity contribution >= 4 is 28.6 Å². The Morgan fingerprint density at radius 2 is 1.96 bits per heavy atom. The standard InChI is InChI=1S/C16H13ClN6O2/c1-9-21-13-15(19-8-20-16(13)24-9)18-7-6-12-22-14(23-25-12)10-2-4-11(17)5-3-10/h2-5,8H,6-7H2,1H3,(H,18,19,20). The summed E-state index contributed by atoms with van der Waals surface area (Å²) in [6, 6.07) is 7.27. The minimum atomic E-state index is 0.456. The van der Waals surface area contributed by atoms with Gasteiger partial charge >= 0.3 is 0 Å². The van der Waals surface area contributed by atoms with Gasteiger partial charge in [-0.2, -0.15) is 9.97 Å². The Hall–Kier alpha value is -3.00. The summed E-state index contributed by atoms with van der Waals surface area (Å²) >= 11 is 5.88. The Labute approximate surface area is 147 Å². The third kappa shape index (κ3) is 3.29. The molecule has 0 amide bonds. The molecule has 25 heavy (non-hydrogen) atoms. The van der Waals surface area contributed by atoms with E-state index in [1.807, 2.05) is 12.1 Å². The van der Waals surface area contributed by atoms with Crippen LogP contribution in [0.2, 0.25) is 5.02 Å². The first kappa shape index (κ1) is 15.5. The molecule has 1 N–H and O–H groups in total. The molecule has 0 fully saturated rings. The van der Waals surface area contributed by atoms with Crippen LogP contribution in [0.1, 0.15) is 11.8 Å². The first-order valence-electron chi connectivity index (χ1n) is 7.59. The van der Waals surface area contributed by atoms with Crippen LogP contribution in [-0.2, 0) is 6.42 Å². The average Bonchev–Trinajstić information content (AvgIpc) is 3.22. The van der Waals surface area contributed by atoms with Gasteiger partial charge in [-0.1, -0.05) is 16.8 Å². The van der Waals surface area contributed by atoms with Crippen molar-refractivity contribution in [2.24, 2.45) is 0 Å². The smallest absolute Gasteiger partial charge is 0.252 e. The zero-order valence-electron chi connectivity index (χ0n) is 13.2. The fourth-order valence-corrected chi connectivity index (χ4v) is 2.47. The van der Waals surface area contributed by atoms with Crippen molar-refractivity contribution in [3.8, 4) is 11.4 Å². The summed E-state index contributed by atoms with van der Waals surface area (Å²) in [6.45, 7) is 2.32. The summed E-state index contributed by atoms with van der Waals surface area (Å²) in [5.74, 6) is 2.21. The SMILES string of the molecule is Cc1nc2c(NCCc3nc(-c4ccc(Cl)cc4)no3)ncnc2o1. The van der Waals surface area contributed by atoms with Gasteiger partial charge in [-0.25, -0.2) is 9.97 Å². The number of aromatic nitrogens is 5. The maximum absolute atomic E-state index is 5.88. The van der Waals surface area contributed by atoms with Gasteiger partial charge < -0.3 is 14.3 Å². The van der Waals surface area contributed by atoms with E-state index in [9.17, 15) is 0 Å². The Morgan fingerprint density at radius 1 is 1.12 bits per heavy atom. The number of halogens is 1. The van der Waals surface area contributed by atoms with Crippen LogP contribution in [0.3, 0.4) is 0 Å². The highest BCUT2D eigenvalue weighted by Gasteiger charge is 2.11. The van der Waals surface area contributed by atoms with Gasteiger partial charge in [0.25, 0.3) is 5.71 Å². The number of aryl methyl sites for hydroxylation is 1. The van der Waals surface area contributed by atoms with Crippen LogP contribution in [0.5, 0.6) is 0 Å². The molecule has 0 aliphatic carbocycles. The van der Waals surface area contributed by atoms with Crippen molar-refractivity contribution in [1.82, 2.24) is 25.1 Å². The van der Waals surface area contributed by atoms with Crippen molar-refractivity contribution in [2.75, 3.05) is 11.9 Å². The van der Waals surface area contributed by atoms with Crippen LogP contribution in [0.4, 0.5) is 5.82 Å². The van der Waals surface area contributed by atoms with Crippen LogP contribution in [-0.4, -0.2) is 31.6 Å². The monoisotopic (exact) mass is 356 g/mol. The summed E-state index contributed by atoms with van der Waals surface area (Å²) in [5.41, 5.74) is 1.91. The molecule has 8 nitrogen and oxygen atoms in total. The number of fused-ring (bicyclic) bond motifs is 1. The number of nitrogens with one attached hydrogen (secondary N) is 1. The maximum atomic E-state index is 5.88. The summed E-state index contributed by atoms with van der Waals surface area (Å²) < 4.78 is 10.7. The molecule has 1 aromatic carbocycles. The number of anilines is 1. The molecule has 0 aliphatic heterocycles. The predicted molar refractivity (Wildman–Crippen MR) is 91.3 cm³/mol. The normalized spacial score (nSPS) is 11.1. The van der Waals surface area contributed by atoms with E-state index in [1.165, 1.54) is 6.33 Å². The minimum absolute atomic E-state index is 0.456. The van der Waals surface area contributed by atoms with Crippen molar-refractivity contribution in [2.45, 2.75) is 13.3 Å². The number of rotatable bonds is 5. The van der Waals surface area contributed by atoms with E-state index in [0.29, 0.717) is 52.6 Å². The highest BCUT2D eigenvalue weighted by molar-refractivity contribution is 6.30. The summed E-state index contributed by atoms with van der Waals surface area (Å²) in [4.78, 5) is 16.9. The molecule has 0 aliphatic rings. The fourth-order valence-electron chi connectivity index (χ4n) is 2.35. The summed E-state index contributed by atoms with van der Waals surface area (Å²) in [7, 11) is 0. The molecule has 4 aromatic rings. The molecule has 0 radical (unpaired) electrons. The van der Waals surface area contributed by atoms with E-state index in [-0.39, 0.29) is 0 Å². The first-order valence-corrected chi connectivity index (χ1v) is 7.97. The van der Waals surface area contributed by atoms with Gasteiger partial charge in [0.1, 0.15) is 6.33 Å². The Balaban J connectivity index is 1.42. The second kappa shape index (κ2) is 6.48. The molecular formula is C16H13ClN6O2. The van der Waals surface area contributed by atoms with E-state index in [0.717, 1.165) is 5.56 Å². The lowest BCUT2D eigenvalue weighted by Gasteiger charge is -2.02. The van der Waals surface area contributed by atoms with E-state index in [4.69, 9.17) is 20.5 Å². The number of hydrogen-bond acceptors (Lipinski definition) is 8. The molecule has 0 saturated carbocycles. The van der Waals surface area contributed by atoms with Gasteiger partial charge in [0, 0.05) is 30.5 Å². The van der Waals surface area contributed by atoms with Crippen molar-refractivity contribution in [3.05, 3.63) is 47.4 Å². The van der Waals surface area contributed by atoms with E-state index >= 15 is 0 Å². The quantitative estimate of drug-likeness (QED) is 0.581. The molecule has 0 spiro atoms. The maximum Gasteiger partial charge on any atom is 0.252 e. The van der Waals surface area contributed by atoms with E-state index < -0.39 is 0 Å². The van der Waals surface area contributed by atoms with Gasteiger partial charge in [0.2, 0.25) is 11.7 Å². The van der Waals surface area contributed by atoms with Crippen LogP contribution in [0.15, 0.2) is 39.5 Å². The highest BCUT2D eigenvalue weighted by Crippen LogP contribution is 2.20. The molecule has 4 rings (SSSR count). The van der Waals surface area contributed by atoms with Crippen LogP contribution in [0.25, 0.3) is 22.6 Å². The summed E-state index contributed by atoms with van der Waals surface area (Å²) in [6.07, 6.45) is 1.98. The van der Waals surface area contributed by atoms with Gasteiger partial charge in [-0.3, -0.25) is 0 Å². The van der Waals surface area contributed by atoms with Crippen molar-refractivity contribution in [1.29, 1.82) is 0 Å². The molecule has 0 bridgehead atoms. The van der Waals surface area contributed by atoms with Gasteiger partial charge in [-0.05, 0) is 24.3 Å². The Bertz CT molecular complexity index is 1010. The molecule has 0 atom stereocenters. The van der Waals surface area contributed by atoms with Crippen LogP contribution in [0, 0.1) is 6.92 Å². The largest absolute Gasteiger partial charge is 0.422 e. The lowest BCUT2D eigenvalue weighted by Crippen LogP contribution is -2.07. The lowest BCUT2D eigenvalue weighted by atomic mass is 10.2. The third-order valence-electron chi connectivity index (χ3n) is 3.50. The molecule has 9 heteroatoms. The molecule has 0 unspecified atom stereocenters. The lowest BCUT2D eigenvalue weighted by molar-refractivity contribution is 0.381. The predicted octanol–water partition coefficient (Wildman–Crippen LogP) is 3.28. The first-order chi connectivity index (χ1) is 12.2. The van der Waals surface area contributed by atoms with E-state index in [1.54, 1.807) is 19.1 Å². The molecule has 126 valence electrons. The minimum Gasteiger partial charge on any atom is -0.422 e. The van der Waals surface area contributed by atoms with Crippen LogP contribution >= 0.6 is 11.6 Å².